The van der Waals surface area contributed by atoms with Crippen molar-refractivity contribution in [1.82, 2.24) is 10.6 Å². The molecule has 0 aromatic heterocycles. The van der Waals surface area contributed by atoms with Gasteiger partial charge in [0.05, 0.1) is 4.90 Å². The van der Waals surface area contributed by atoms with Crippen molar-refractivity contribution >= 4 is 15.8 Å². The van der Waals surface area contributed by atoms with Crippen molar-refractivity contribution < 1.29 is 8.42 Å². The van der Waals surface area contributed by atoms with E-state index in [1.165, 1.54) is 28.5 Å². The van der Waals surface area contributed by atoms with Gasteiger partial charge in [0.15, 0.2) is 15.8 Å². The molecule has 2 N–H and O–H groups in total. The third-order valence-corrected chi connectivity index (χ3v) is 5.68. The van der Waals surface area contributed by atoms with E-state index in [0.29, 0.717) is 11.4 Å². The molecule has 2 aromatic rings. The normalized spacial score (nSPS) is 12.1. The monoisotopic (exact) mass is 387 g/mol. The maximum atomic E-state index is 11.5. The zero-order valence-corrected chi connectivity index (χ0v) is 17.6. The minimum Gasteiger partial charge on any atom is -0.356 e. The van der Waals surface area contributed by atoms with E-state index >= 15 is 0 Å². The van der Waals surface area contributed by atoms with Crippen molar-refractivity contribution in [1.29, 1.82) is 0 Å². The molecule has 0 bridgehead atoms. The van der Waals surface area contributed by atoms with E-state index in [2.05, 4.69) is 48.5 Å². The minimum absolute atomic E-state index is 0.348. The highest BCUT2D eigenvalue weighted by atomic mass is 32.2. The molecule has 2 rings (SSSR count). The molecule has 0 fully saturated rings. The van der Waals surface area contributed by atoms with E-state index in [-0.39, 0.29) is 0 Å². The Hall–Kier alpha value is -2.34. The van der Waals surface area contributed by atoms with Crippen molar-refractivity contribution in [2.75, 3.05) is 19.8 Å². The molecule has 5 nitrogen and oxygen atoms in total. The molecule has 27 heavy (non-hydrogen) atoms. The molecule has 0 atom stereocenters. The summed E-state index contributed by atoms with van der Waals surface area (Å²) in [5.74, 6) is 0.752. The summed E-state index contributed by atoms with van der Waals surface area (Å²) < 4.78 is 23.0. The summed E-state index contributed by atoms with van der Waals surface area (Å²) in [5.41, 5.74) is 6.21. The van der Waals surface area contributed by atoms with Crippen LogP contribution in [-0.4, -0.2) is 34.2 Å². The summed E-state index contributed by atoms with van der Waals surface area (Å²) in [6.07, 6.45) is 2.00. The highest BCUT2D eigenvalue weighted by Gasteiger charge is 2.07. The van der Waals surface area contributed by atoms with Gasteiger partial charge >= 0.3 is 0 Å². The maximum absolute atomic E-state index is 11.5. The van der Waals surface area contributed by atoms with Crippen LogP contribution in [0.15, 0.2) is 46.3 Å². The largest absolute Gasteiger partial charge is 0.356 e. The third kappa shape index (κ3) is 6.10. The summed E-state index contributed by atoms with van der Waals surface area (Å²) in [6, 6.07) is 11.4. The molecular weight excluding hydrogens is 358 g/mol. The van der Waals surface area contributed by atoms with Gasteiger partial charge in [-0.2, -0.15) is 0 Å². The van der Waals surface area contributed by atoms with Gasteiger partial charge in [-0.05, 0) is 61.6 Å². The van der Waals surface area contributed by atoms with Crippen molar-refractivity contribution in [3.05, 3.63) is 64.2 Å². The first kappa shape index (κ1) is 21.0. The molecule has 0 aliphatic carbocycles. The van der Waals surface area contributed by atoms with Gasteiger partial charge in [0.1, 0.15) is 0 Å². The van der Waals surface area contributed by atoms with Crippen LogP contribution < -0.4 is 10.6 Å². The number of nitrogens with zero attached hydrogens (tertiary/aromatic N) is 1. The summed E-state index contributed by atoms with van der Waals surface area (Å²) in [6.45, 7) is 7.81. The molecule has 6 heteroatoms. The Morgan fingerprint density at radius 3 is 2.11 bits per heavy atom. The lowest BCUT2D eigenvalue weighted by molar-refractivity contribution is 0.602. The molecule has 0 amide bonds. The number of aryl methyl sites for hydroxylation is 3. The highest BCUT2D eigenvalue weighted by molar-refractivity contribution is 7.90. The fourth-order valence-corrected chi connectivity index (χ4v) is 3.74. The van der Waals surface area contributed by atoms with Crippen LogP contribution in [0.5, 0.6) is 0 Å². The lowest BCUT2D eigenvalue weighted by atomic mass is 10.00. The Morgan fingerprint density at radius 2 is 1.59 bits per heavy atom. The fraction of sp³-hybridized carbons (Fsp3) is 0.381. The van der Waals surface area contributed by atoms with Crippen LogP contribution >= 0.6 is 0 Å². The predicted molar refractivity (Wildman–Crippen MR) is 112 cm³/mol. The molecule has 0 unspecified atom stereocenters. The number of guanidine groups is 1. The van der Waals surface area contributed by atoms with Crippen molar-refractivity contribution in [3.63, 3.8) is 0 Å². The van der Waals surface area contributed by atoms with Gasteiger partial charge in [0.25, 0.3) is 0 Å². The Labute approximate surface area is 162 Å². The first-order valence-corrected chi connectivity index (χ1v) is 10.9. The second-order valence-corrected chi connectivity index (χ2v) is 8.91. The first-order valence-electron chi connectivity index (χ1n) is 9.01. The molecule has 2 aromatic carbocycles. The Morgan fingerprint density at radius 1 is 1.00 bits per heavy atom. The number of aliphatic imine (C=N–C) groups is 1. The van der Waals surface area contributed by atoms with E-state index in [0.717, 1.165) is 24.5 Å². The molecular formula is C21H29N3O2S. The smallest absolute Gasteiger partial charge is 0.191 e. The topological polar surface area (TPSA) is 70.6 Å². The van der Waals surface area contributed by atoms with E-state index in [4.69, 9.17) is 0 Å². The molecule has 0 saturated heterocycles. The lowest BCUT2D eigenvalue weighted by Crippen LogP contribution is -2.38. The first-order chi connectivity index (χ1) is 12.7. The van der Waals surface area contributed by atoms with Gasteiger partial charge in [0.2, 0.25) is 0 Å². The predicted octanol–water partition coefficient (Wildman–Crippen LogP) is 2.92. The van der Waals surface area contributed by atoms with Crippen LogP contribution in [-0.2, 0) is 22.8 Å². The molecule has 146 valence electrons. The van der Waals surface area contributed by atoms with E-state index in [1.54, 1.807) is 19.2 Å². The van der Waals surface area contributed by atoms with Crippen molar-refractivity contribution in [2.45, 2.75) is 38.6 Å². The second kappa shape index (κ2) is 9.04. The minimum atomic E-state index is -3.15. The van der Waals surface area contributed by atoms with Crippen LogP contribution in [0, 0.1) is 20.8 Å². The van der Waals surface area contributed by atoms with Gasteiger partial charge in [-0.25, -0.2) is 8.42 Å². The highest BCUT2D eigenvalue weighted by Crippen LogP contribution is 2.16. The van der Waals surface area contributed by atoms with Crippen LogP contribution in [0.2, 0.25) is 0 Å². The van der Waals surface area contributed by atoms with Crippen molar-refractivity contribution in [2.24, 2.45) is 4.99 Å². The van der Waals surface area contributed by atoms with Gasteiger partial charge in [-0.3, -0.25) is 4.99 Å². The van der Waals surface area contributed by atoms with E-state index < -0.39 is 9.84 Å². The van der Waals surface area contributed by atoms with Gasteiger partial charge in [-0.15, -0.1) is 0 Å². The zero-order chi connectivity index (χ0) is 20.0. The van der Waals surface area contributed by atoms with Gasteiger partial charge in [-0.1, -0.05) is 29.8 Å². The lowest BCUT2D eigenvalue weighted by Gasteiger charge is -2.15. The molecule has 0 spiro atoms. The van der Waals surface area contributed by atoms with Crippen LogP contribution in [0.25, 0.3) is 0 Å². The van der Waals surface area contributed by atoms with Gasteiger partial charge in [0, 0.05) is 26.4 Å². The Bertz CT molecular complexity index is 894. The molecule has 0 radical (unpaired) electrons. The average molecular weight is 388 g/mol. The quantitative estimate of drug-likeness (QED) is 0.591. The summed E-state index contributed by atoms with van der Waals surface area (Å²) in [7, 11) is -1.39. The zero-order valence-electron chi connectivity index (χ0n) is 16.8. The van der Waals surface area contributed by atoms with Crippen LogP contribution in [0.3, 0.4) is 0 Å². The van der Waals surface area contributed by atoms with Gasteiger partial charge < -0.3 is 10.6 Å². The third-order valence-electron chi connectivity index (χ3n) is 4.55. The number of hydrogen-bond donors (Lipinski definition) is 2. The number of sulfone groups is 1. The fourth-order valence-electron chi connectivity index (χ4n) is 3.11. The number of benzene rings is 2. The standard InChI is InChI=1S/C21H29N3O2S/c1-15-12-16(2)20(17(3)13-15)14-24-21(22-4)23-11-10-18-6-8-19(9-7-18)27(5,25)26/h6-9,12-13H,10-11,14H2,1-5H3,(H2,22,23,24). The Kier molecular flexibility index (Phi) is 7.02. The molecule has 0 saturated carbocycles. The number of rotatable bonds is 6. The SMILES string of the molecule is CN=C(NCCc1ccc(S(C)(=O)=O)cc1)NCc1c(C)cc(C)cc1C. The summed E-state index contributed by atoms with van der Waals surface area (Å²) in [4.78, 5) is 4.62. The molecule has 0 aliphatic heterocycles. The average Bonchev–Trinajstić information content (AvgIpc) is 2.59. The summed E-state index contributed by atoms with van der Waals surface area (Å²) in [5, 5.41) is 6.67. The Balaban J connectivity index is 1.88. The van der Waals surface area contributed by atoms with E-state index in [9.17, 15) is 8.42 Å². The van der Waals surface area contributed by atoms with Crippen LogP contribution in [0.4, 0.5) is 0 Å². The van der Waals surface area contributed by atoms with Crippen LogP contribution in [0.1, 0.15) is 27.8 Å². The van der Waals surface area contributed by atoms with E-state index in [1.807, 2.05) is 12.1 Å². The number of hydrogen-bond acceptors (Lipinski definition) is 3. The van der Waals surface area contributed by atoms with Crippen molar-refractivity contribution in [3.8, 4) is 0 Å². The molecule has 0 aliphatic rings. The second-order valence-electron chi connectivity index (χ2n) is 6.90. The number of nitrogens with one attached hydrogen (secondary N) is 2. The summed E-state index contributed by atoms with van der Waals surface area (Å²) >= 11 is 0. The maximum Gasteiger partial charge on any atom is 0.191 e. The molecule has 0 heterocycles.